The van der Waals surface area contributed by atoms with E-state index in [1.807, 2.05) is 6.08 Å². The maximum Gasteiger partial charge on any atom is 0.305 e. The molecule has 0 amide bonds. The van der Waals surface area contributed by atoms with Gasteiger partial charge in [0.2, 0.25) is 0 Å². The van der Waals surface area contributed by atoms with Crippen molar-refractivity contribution in [3.63, 3.8) is 0 Å². The molecule has 1 fully saturated rings. The van der Waals surface area contributed by atoms with E-state index in [4.69, 9.17) is 14.6 Å². The summed E-state index contributed by atoms with van der Waals surface area (Å²) in [6.07, 6.45) is 9.74. The lowest BCUT2D eigenvalue weighted by molar-refractivity contribution is -0.159. The normalized spacial score (nSPS) is 24.7. The van der Waals surface area contributed by atoms with Gasteiger partial charge in [0.15, 0.2) is 6.10 Å². The molecule has 1 aliphatic carbocycles. The first kappa shape index (κ1) is 29.6. The Labute approximate surface area is 198 Å². The monoisotopic (exact) mass is 472 g/mol. The summed E-state index contributed by atoms with van der Waals surface area (Å²) in [5, 5.41) is 39.9. The molecular weight excluding hydrogens is 428 g/mol. The number of aliphatic hydroxyl groups is 4. The molecule has 192 valence electrons. The van der Waals surface area contributed by atoms with Crippen LogP contribution in [0.5, 0.6) is 0 Å². The highest BCUT2D eigenvalue weighted by molar-refractivity contribution is 5.69. The molecule has 1 aliphatic rings. The van der Waals surface area contributed by atoms with Crippen LogP contribution in [0.25, 0.3) is 0 Å². The molecule has 0 bridgehead atoms. The summed E-state index contributed by atoms with van der Waals surface area (Å²) in [6.45, 7) is 2.80. The van der Waals surface area contributed by atoms with Crippen molar-refractivity contribution in [1.29, 1.82) is 0 Å². The van der Waals surface area contributed by atoms with E-state index in [9.17, 15) is 24.9 Å². The van der Waals surface area contributed by atoms with Gasteiger partial charge < -0.3 is 29.9 Å². The first-order chi connectivity index (χ1) is 15.8. The van der Waals surface area contributed by atoms with Crippen LogP contribution in [0.15, 0.2) is 12.2 Å². The smallest absolute Gasteiger partial charge is 0.305 e. The number of carbonyl (C=O) groups excluding carboxylic acids is 2. The van der Waals surface area contributed by atoms with Crippen molar-refractivity contribution in [2.75, 3.05) is 13.2 Å². The molecule has 0 heterocycles. The zero-order valence-corrected chi connectivity index (χ0v) is 20.2. The Kier molecular flexibility index (Phi) is 15.2. The van der Waals surface area contributed by atoms with Gasteiger partial charge in [0.25, 0.3) is 0 Å². The molecule has 0 radical (unpaired) electrons. The number of unbranched alkanes of at least 4 members (excludes halogenated alkanes) is 5. The molecule has 33 heavy (non-hydrogen) atoms. The standard InChI is InChI=1S/C25H44O8/c1-3-4-7-10-19(28)13-14-22-21(23(29)15-24(22)30)11-8-5-6-9-12-25(31)32-17-20(16-26)33-18(2)27/h13-14,19-24,26,28-30H,3-12,15-17H2,1-2H3/b14-13+/t19-,20-,21+,22+,23-,24+/m0/s1. The number of hydrogen-bond donors (Lipinski definition) is 4. The molecule has 6 atom stereocenters. The Hall–Kier alpha value is -1.48. The summed E-state index contributed by atoms with van der Waals surface area (Å²) >= 11 is 0. The molecule has 0 aromatic rings. The van der Waals surface area contributed by atoms with Gasteiger partial charge in [-0.1, -0.05) is 57.6 Å². The molecular formula is C25H44O8. The quantitative estimate of drug-likeness (QED) is 0.144. The predicted molar refractivity (Wildman–Crippen MR) is 124 cm³/mol. The second-order valence-electron chi connectivity index (χ2n) is 9.11. The molecule has 0 aromatic carbocycles. The van der Waals surface area contributed by atoms with Crippen molar-refractivity contribution in [3.8, 4) is 0 Å². The van der Waals surface area contributed by atoms with Crippen LogP contribution in [0.1, 0.15) is 84.5 Å². The van der Waals surface area contributed by atoms with Gasteiger partial charge in [0, 0.05) is 25.7 Å². The minimum absolute atomic E-state index is 0.0271. The molecule has 1 rings (SSSR count). The van der Waals surface area contributed by atoms with Crippen LogP contribution in [-0.2, 0) is 19.1 Å². The Morgan fingerprint density at radius 1 is 1.06 bits per heavy atom. The minimum atomic E-state index is -0.834. The Bertz CT molecular complexity index is 579. The van der Waals surface area contributed by atoms with E-state index >= 15 is 0 Å². The van der Waals surface area contributed by atoms with E-state index in [0.29, 0.717) is 19.3 Å². The lowest BCUT2D eigenvalue weighted by Crippen LogP contribution is -2.27. The van der Waals surface area contributed by atoms with Gasteiger partial charge in [-0.15, -0.1) is 0 Å². The fourth-order valence-corrected chi connectivity index (χ4v) is 4.35. The van der Waals surface area contributed by atoms with Crippen LogP contribution in [-0.4, -0.2) is 70.0 Å². The lowest BCUT2D eigenvalue weighted by Gasteiger charge is -2.21. The number of aliphatic hydroxyl groups excluding tert-OH is 4. The van der Waals surface area contributed by atoms with Crippen molar-refractivity contribution in [3.05, 3.63) is 12.2 Å². The summed E-state index contributed by atoms with van der Waals surface area (Å²) in [4.78, 5) is 22.7. The van der Waals surface area contributed by atoms with Crippen molar-refractivity contribution in [1.82, 2.24) is 0 Å². The van der Waals surface area contributed by atoms with Gasteiger partial charge in [-0.05, 0) is 25.2 Å². The SMILES string of the molecule is CCCCC[C@H](O)/C=C/[C@@H]1[C@@H](CCCCCCC(=O)OC[C@H](CO)OC(C)=O)[C@@H](O)C[C@H]1O. The van der Waals surface area contributed by atoms with Crippen molar-refractivity contribution in [2.24, 2.45) is 11.8 Å². The topological polar surface area (TPSA) is 134 Å². The van der Waals surface area contributed by atoms with Crippen LogP contribution in [0.2, 0.25) is 0 Å². The van der Waals surface area contributed by atoms with Gasteiger partial charge >= 0.3 is 11.9 Å². The second-order valence-corrected chi connectivity index (χ2v) is 9.11. The second kappa shape index (κ2) is 17.0. The third-order valence-corrected chi connectivity index (χ3v) is 6.21. The highest BCUT2D eigenvalue weighted by atomic mass is 16.6. The van der Waals surface area contributed by atoms with E-state index in [1.54, 1.807) is 6.08 Å². The van der Waals surface area contributed by atoms with Gasteiger partial charge in [0.1, 0.15) is 6.61 Å². The predicted octanol–water partition coefficient (Wildman–Crippen LogP) is 2.65. The Balaban J connectivity index is 2.27. The van der Waals surface area contributed by atoms with Crippen LogP contribution in [0, 0.1) is 11.8 Å². The maximum atomic E-state index is 11.8. The number of hydrogen-bond acceptors (Lipinski definition) is 8. The molecule has 4 N–H and O–H groups in total. The van der Waals surface area contributed by atoms with E-state index in [2.05, 4.69) is 6.92 Å². The first-order valence-electron chi connectivity index (χ1n) is 12.4. The summed E-state index contributed by atoms with van der Waals surface area (Å²) in [5.74, 6) is -1.10. The number of ether oxygens (including phenoxy) is 2. The van der Waals surface area contributed by atoms with Crippen LogP contribution in [0.4, 0.5) is 0 Å². The van der Waals surface area contributed by atoms with Gasteiger partial charge in [-0.2, -0.15) is 0 Å². The van der Waals surface area contributed by atoms with E-state index in [0.717, 1.165) is 44.9 Å². The van der Waals surface area contributed by atoms with Gasteiger partial charge in [-0.25, -0.2) is 0 Å². The van der Waals surface area contributed by atoms with Crippen molar-refractivity contribution in [2.45, 2.75) is 109 Å². The van der Waals surface area contributed by atoms with E-state index in [1.165, 1.54) is 6.92 Å². The van der Waals surface area contributed by atoms with Gasteiger partial charge in [-0.3, -0.25) is 9.59 Å². The Morgan fingerprint density at radius 3 is 2.45 bits per heavy atom. The fourth-order valence-electron chi connectivity index (χ4n) is 4.35. The number of rotatable bonds is 17. The zero-order chi connectivity index (χ0) is 24.6. The fraction of sp³-hybridized carbons (Fsp3) is 0.840. The molecule has 0 aromatic heterocycles. The molecule has 0 aliphatic heterocycles. The average Bonchev–Trinajstić information content (AvgIpc) is 3.04. The maximum absolute atomic E-state index is 11.8. The molecule has 0 spiro atoms. The summed E-state index contributed by atoms with van der Waals surface area (Å²) in [6, 6.07) is 0. The van der Waals surface area contributed by atoms with Crippen LogP contribution in [0.3, 0.4) is 0 Å². The van der Waals surface area contributed by atoms with Crippen LogP contribution >= 0.6 is 0 Å². The molecule has 8 heteroatoms. The summed E-state index contributed by atoms with van der Waals surface area (Å²) in [5.41, 5.74) is 0. The molecule has 0 unspecified atom stereocenters. The number of carbonyl (C=O) groups is 2. The van der Waals surface area contributed by atoms with Crippen LogP contribution < -0.4 is 0 Å². The number of esters is 2. The summed E-state index contributed by atoms with van der Waals surface area (Å²) in [7, 11) is 0. The largest absolute Gasteiger partial charge is 0.462 e. The minimum Gasteiger partial charge on any atom is -0.462 e. The third kappa shape index (κ3) is 12.5. The van der Waals surface area contributed by atoms with Gasteiger partial charge in [0.05, 0.1) is 24.9 Å². The average molecular weight is 473 g/mol. The zero-order valence-electron chi connectivity index (χ0n) is 20.2. The highest BCUT2D eigenvalue weighted by Gasteiger charge is 2.39. The molecule has 1 saturated carbocycles. The molecule has 0 saturated heterocycles. The Morgan fingerprint density at radius 2 is 1.79 bits per heavy atom. The third-order valence-electron chi connectivity index (χ3n) is 6.21. The van der Waals surface area contributed by atoms with E-state index in [-0.39, 0.29) is 24.9 Å². The van der Waals surface area contributed by atoms with Crippen molar-refractivity contribution < 1.29 is 39.5 Å². The highest BCUT2D eigenvalue weighted by Crippen LogP contribution is 2.37. The molecule has 8 nitrogen and oxygen atoms in total. The lowest BCUT2D eigenvalue weighted by atomic mass is 9.88. The summed E-state index contributed by atoms with van der Waals surface area (Å²) < 4.78 is 9.85. The van der Waals surface area contributed by atoms with Crippen molar-refractivity contribution >= 4 is 11.9 Å². The first-order valence-corrected chi connectivity index (χ1v) is 12.4. The van der Waals surface area contributed by atoms with E-state index < -0.39 is 43.0 Å².